The summed E-state index contributed by atoms with van der Waals surface area (Å²) in [7, 11) is 1.77. The van der Waals surface area contributed by atoms with Gasteiger partial charge < -0.3 is 15.5 Å². The smallest absolute Gasteiger partial charge is 0.246 e. The molecular weight excluding hydrogens is 595 g/mol. The number of fused-ring (bicyclic) bond motifs is 1. The maximum absolute atomic E-state index is 14.1. The Balaban J connectivity index is 1.43. The fraction of sp³-hybridized carbons (Fsp3) is 0.483. The number of likely N-dealkylation sites (N-methyl/N-ethyl adjacent to an activating group) is 1. The average molecular weight is 631 g/mol. The molecule has 8 heteroatoms. The van der Waals surface area contributed by atoms with Crippen molar-refractivity contribution < 1.29 is 9.59 Å². The van der Waals surface area contributed by atoms with Crippen molar-refractivity contribution in [3.63, 3.8) is 0 Å². The molecule has 1 aliphatic carbocycles. The van der Waals surface area contributed by atoms with Gasteiger partial charge in [0.05, 0.1) is 20.7 Å². The number of likely N-dealkylation sites (tertiary alicyclic amines) is 1. The first-order chi connectivity index (χ1) is 18.0. The Morgan fingerprint density at radius 2 is 1.81 bits per heavy atom. The number of hydrogen-bond donors (Lipinski definition) is 2. The number of carbonyl (C=O) groups is 2. The van der Waals surface area contributed by atoms with Crippen LogP contribution < -0.4 is 10.6 Å². The summed E-state index contributed by atoms with van der Waals surface area (Å²) in [5.41, 5.74) is 2.13. The summed E-state index contributed by atoms with van der Waals surface area (Å²) in [5, 5.41) is 9.53. The highest BCUT2D eigenvalue weighted by Gasteiger charge is 2.40. The van der Waals surface area contributed by atoms with Gasteiger partial charge in [0.15, 0.2) is 0 Å². The Morgan fingerprint density at radius 1 is 1.05 bits per heavy atom. The third kappa shape index (κ3) is 5.56. The fourth-order valence-corrected chi connectivity index (χ4v) is 7.82. The highest BCUT2D eigenvalue weighted by Crippen LogP contribution is 2.41. The molecule has 3 atom stereocenters. The molecule has 1 aromatic heterocycles. The molecule has 2 fully saturated rings. The largest absolute Gasteiger partial charge is 0.343 e. The van der Waals surface area contributed by atoms with E-state index in [0.29, 0.717) is 6.54 Å². The first-order valence-electron chi connectivity index (χ1n) is 13.4. The van der Waals surface area contributed by atoms with Gasteiger partial charge in [0, 0.05) is 12.1 Å². The van der Waals surface area contributed by atoms with E-state index < -0.39 is 6.04 Å². The van der Waals surface area contributed by atoms with E-state index in [1.807, 2.05) is 11.8 Å². The lowest BCUT2D eigenvalue weighted by molar-refractivity contribution is -0.139. The molecule has 2 aliphatic rings. The van der Waals surface area contributed by atoms with Crippen molar-refractivity contribution in [3.8, 4) is 11.3 Å². The van der Waals surface area contributed by atoms with Crippen LogP contribution in [-0.2, 0) is 9.59 Å². The van der Waals surface area contributed by atoms with Gasteiger partial charge in [-0.2, -0.15) is 0 Å². The van der Waals surface area contributed by atoms with E-state index in [2.05, 4.69) is 75.7 Å². The van der Waals surface area contributed by atoms with Crippen LogP contribution in [0.5, 0.6) is 0 Å². The van der Waals surface area contributed by atoms with Crippen molar-refractivity contribution in [1.29, 1.82) is 0 Å². The van der Waals surface area contributed by atoms with E-state index in [1.165, 1.54) is 17.2 Å². The molecule has 1 saturated heterocycles. The van der Waals surface area contributed by atoms with E-state index in [4.69, 9.17) is 4.98 Å². The van der Waals surface area contributed by atoms with Crippen molar-refractivity contribution in [2.75, 3.05) is 13.6 Å². The summed E-state index contributed by atoms with van der Waals surface area (Å²) < 4.78 is 1.14. The van der Waals surface area contributed by atoms with E-state index >= 15 is 0 Å². The van der Waals surface area contributed by atoms with Gasteiger partial charge in [0.1, 0.15) is 11.0 Å². The Hall–Kier alpha value is -2.04. The fourth-order valence-electron chi connectivity index (χ4n) is 5.78. The minimum Gasteiger partial charge on any atom is -0.343 e. The highest BCUT2D eigenvalue weighted by molar-refractivity contribution is 14.1. The van der Waals surface area contributed by atoms with E-state index in [9.17, 15) is 9.59 Å². The lowest BCUT2D eigenvalue weighted by Crippen LogP contribution is -2.55. The molecule has 6 nitrogen and oxygen atoms in total. The lowest BCUT2D eigenvalue weighted by Gasteiger charge is -2.35. The molecule has 2 N–H and O–H groups in total. The Morgan fingerprint density at radius 3 is 2.59 bits per heavy atom. The SMILES string of the molecule is CN[C@@H](C)C(=O)N[C@H](C(=O)N1CCC[C@H]1c1nc(-c2cccc3ccccc23)c(I)s1)C1CCCCC1. The summed E-state index contributed by atoms with van der Waals surface area (Å²) in [6.07, 6.45) is 7.28. The number of halogens is 1. The highest BCUT2D eigenvalue weighted by atomic mass is 127. The molecule has 1 aliphatic heterocycles. The quantitative estimate of drug-likeness (QED) is 0.319. The van der Waals surface area contributed by atoms with Crippen molar-refractivity contribution in [1.82, 2.24) is 20.5 Å². The second-order valence-electron chi connectivity index (χ2n) is 10.3. The molecule has 37 heavy (non-hydrogen) atoms. The zero-order chi connectivity index (χ0) is 25.9. The lowest BCUT2D eigenvalue weighted by atomic mass is 9.83. The Labute approximate surface area is 236 Å². The monoisotopic (exact) mass is 630 g/mol. The van der Waals surface area contributed by atoms with E-state index in [0.717, 1.165) is 57.7 Å². The molecule has 2 amide bonds. The minimum atomic E-state index is -0.472. The van der Waals surface area contributed by atoms with Gasteiger partial charge in [-0.05, 0) is 78.9 Å². The number of nitrogens with one attached hydrogen (secondary N) is 2. The van der Waals surface area contributed by atoms with Gasteiger partial charge >= 0.3 is 0 Å². The van der Waals surface area contributed by atoms with Gasteiger partial charge in [-0.15, -0.1) is 11.3 Å². The molecule has 0 bridgehead atoms. The standard InChI is InChI=1S/C29H35IN4O2S/c1-18(31-2)27(35)32-24(20-11-4-3-5-12-20)29(36)34-17-9-16-23(34)28-33-25(26(30)37-28)22-15-8-13-19-10-6-7-14-21(19)22/h6-8,10,13-15,18,20,23-24,31H,3-5,9,11-12,16-17H2,1-2H3,(H,32,35)/t18-,23-,24-/m0/s1. The van der Waals surface area contributed by atoms with Crippen molar-refractivity contribution in [3.05, 3.63) is 50.4 Å². The van der Waals surface area contributed by atoms with Crippen LogP contribution in [0.25, 0.3) is 22.0 Å². The second-order valence-corrected chi connectivity index (χ2v) is 13.1. The number of benzene rings is 2. The van der Waals surface area contributed by atoms with E-state index in [-0.39, 0.29) is 29.8 Å². The summed E-state index contributed by atoms with van der Waals surface area (Å²) in [5.74, 6) is 0.144. The number of nitrogens with zero attached hydrogens (tertiary/aromatic N) is 2. The van der Waals surface area contributed by atoms with Gasteiger partial charge in [-0.3, -0.25) is 9.59 Å². The van der Waals surface area contributed by atoms with Gasteiger partial charge in [-0.1, -0.05) is 61.7 Å². The number of amides is 2. The zero-order valence-electron chi connectivity index (χ0n) is 21.5. The number of carbonyl (C=O) groups excluding carboxylic acids is 2. The maximum Gasteiger partial charge on any atom is 0.246 e. The topological polar surface area (TPSA) is 74.3 Å². The molecule has 1 saturated carbocycles. The molecule has 3 aromatic rings. The third-order valence-electron chi connectivity index (χ3n) is 7.98. The van der Waals surface area contributed by atoms with E-state index in [1.54, 1.807) is 18.4 Å². The second kappa shape index (κ2) is 11.8. The van der Waals surface area contributed by atoms with Gasteiger partial charge in [0.25, 0.3) is 0 Å². The molecular formula is C29H35IN4O2S. The summed E-state index contributed by atoms with van der Waals surface area (Å²) in [6, 6.07) is 13.9. The first kappa shape index (κ1) is 26.6. The molecule has 0 radical (unpaired) electrons. The predicted octanol–water partition coefficient (Wildman–Crippen LogP) is 5.90. The normalized spacial score (nSPS) is 20.2. The number of rotatable bonds is 7. The Kier molecular flexibility index (Phi) is 8.46. The number of aromatic nitrogens is 1. The summed E-state index contributed by atoms with van der Waals surface area (Å²) in [4.78, 5) is 34.1. The van der Waals surface area contributed by atoms with Crippen LogP contribution in [0.2, 0.25) is 0 Å². The molecule has 196 valence electrons. The van der Waals surface area contributed by atoms with Crippen LogP contribution in [0, 0.1) is 8.80 Å². The molecule has 2 aromatic carbocycles. The minimum absolute atomic E-state index is 0.0422. The van der Waals surface area contributed by atoms with Crippen LogP contribution in [0.15, 0.2) is 42.5 Å². The Bertz CT molecular complexity index is 1270. The van der Waals surface area contributed by atoms with Crippen molar-refractivity contribution in [2.24, 2.45) is 5.92 Å². The molecule has 0 unspecified atom stereocenters. The predicted molar refractivity (Wildman–Crippen MR) is 158 cm³/mol. The summed E-state index contributed by atoms with van der Waals surface area (Å²) in [6.45, 7) is 2.55. The number of thiazole rings is 1. The van der Waals surface area contributed by atoms with Crippen molar-refractivity contribution in [2.45, 2.75) is 70.0 Å². The zero-order valence-corrected chi connectivity index (χ0v) is 24.5. The number of hydrogen-bond acceptors (Lipinski definition) is 5. The average Bonchev–Trinajstić information content (AvgIpc) is 3.57. The van der Waals surface area contributed by atoms with Gasteiger partial charge in [0.2, 0.25) is 11.8 Å². The van der Waals surface area contributed by atoms with Crippen LogP contribution in [0.3, 0.4) is 0 Å². The molecule has 2 heterocycles. The molecule has 0 spiro atoms. The van der Waals surface area contributed by atoms with Gasteiger partial charge in [-0.25, -0.2) is 4.98 Å². The van der Waals surface area contributed by atoms with Crippen LogP contribution in [0.4, 0.5) is 0 Å². The van der Waals surface area contributed by atoms with Crippen molar-refractivity contribution >= 4 is 56.5 Å². The molecule has 5 rings (SSSR count). The van der Waals surface area contributed by atoms with Crippen LogP contribution in [-0.4, -0.2) is 47.4 Å². The summed E-state index contributed by atoms with van der Waals surface area (Å²) >= 11 is 4.08. The van der Waals surface area contributed by atoms with Crippen LogP contribution in [0.1, 0.15) is 62.9 Å². The maximum atomic E-state index is 14.1. The first-order valence-corrected chi connectivity index (χ1v) is 15.3. The van der Waals surface area contributed by atoms with Crippen LogP contribution >= 0.6 is 33.9 Å². The third-order valence-corrected chi connectivity index (χ3v) is 10.1.